The number of benzene rings is 1. The summed E-state index contributed by atoms with van der Waals surface area (Å²) in [4.78, 5) is 14.4. The highest BCUT2D eigenvalue weighted by Gasteiger charge is 2.24. The molecule has 114 valence electrons. The molecule has 2 aromatic rings. The van der Waals surface area contributed by atoms with Gasteiger partial charge in [-0.15, -0.1) is 0 Å². The van der Waals surface area contributed by atoms with E-state index in [9.17, 15) is 4.79 Å². The number of halogens is 1. The van der Waals surface area contributed by atoms with Crippen molar-refractivity contribution in [3.8, 4) is 0 Å². The molecule has 1 amide bonds. The molecule has 0 unspecified atom stereocenters. The number of fused-ring (bicyclic) bond motifs is 1. The van der Waals surface area contributed by atoms with Crippen LogP contribution in [0.1, 0.15) is 36.4 Å². The zero-order valence-electron chi connectivity index (χ0n) is 12.5. The van der Waals surface area contributed by atoms with Crippen LogP contribution in [0.4, 0.5) is 0 Å². The van der Waals surface area contributed by atoms with Gasteiger partial charge in [0.1, 0.15) is 5.58 Å². The van der Waals surface area contributed by atoms with Gasteiger partial charge in [0, 0.05) is 34.6 Å². The number of furan rings is 1. The van der Waals surface area contributed by atoms with Crippen molar-refractivity contribution in [2.75, 3.05) is 13.2 Å². The molecule has 0 aliphatic heterocycles. The second-order valence-electron chi connectivity index (χ2n) is 5.37. The molecule has 1 aromatic carbocycles. The minimum absolute atomic E-state index is 0.0587. The molecule has 4 nitrogen and oxygen atoms in total. The number of nitrogens with zero attached hydrogens (tertiary/aromatic N) is 1. The zero-order valence-corrected chi connectivity index (χ0v) is 14.1. The maximum atomic E-state index is 12.7. The Balaban J connectivity index is 2.39. The van der Waals surface area contributed by atoms with Crippen LogP contribution in [0.2, 0.25) is 0 Å². The Morgan fingerprint density at radius 2 is 2.14 bits per heavy atom. The number of rotatable bonds is 5. The van der Waals surface area contributed by atoms with E-state index < -0.39 is 0 Å². The number of aliphatic hydroxyl groups is 1. The molecule has 1 aromatic heterocycles. The van der Waals surface area contributed by atoms with Crippen LogP contribution in [-0.4, -0.2) is 35.1 Å². The van der Waals surface area contributed by atoms with Crippen molar-refractivity contribution in [1.82, 2.24) is 4.90 Å². The second kappa shape index (κ2) is 6.62. The van der Waals surface area contributed by atoms with Crippen LogP contribution in [0.25, 0.3) is 11.0 Å². The van der Waals surface area contributed by atoms with E-state index >= 15 is 0 Å². The minimum Gasteiger partial charge on any atom is -0.451 e. The lowest BCUT2D eigenvalue weighted by Gasteiger charge is -2.25. The number of aryl methyl sites for hydroxylation is 1. The Bertz CT molecular complexity index is 648. The maximum Gasteiger partial charge on any atom is 0.290 e. The number of carbonyl (C=O) groups excluding carboxylic acids is 1. The number of hydrogen-bond acceptors (Lipinski definition) is 3. The third kappa shape index (κ3) is 3.30. The third-order valence-corrected chi connectivity index (χ3v) is 4.03. The van der Waals surface area contributed by atoms with E-state index in [2.05, 4.69) is 15.9 Å². The monoisotopic (exact) mass is 353 g/mol. The zero-order chi connectivity index (χ0) is 15.6. The van der Waals surface area contributed by atoms with Crippen LogP contribution in [0.3, 0.4) is 0 Å². The number of aliphatic hydroxyl groups excluding tert-OH is 1. The van der Waals surface area contributed by atoms with Crippen LogP contribution >= 0.6 is 15.9 Å². The molecular weight excluding hydrogens is 334 g/mol. The highest BCUT2D eigenvalue weighted by molar-refractivity contribution is 9.10. The topological polar surface area (TPSA) is 53.7 Å². The minimum atomic E-state index is -0.122. The summed E-state index contributed by atoms with van der Waals surface area (Å²) in [6.07, 6.45) is 0.564. The van der Waals surface area contributed by atoms with E-state index in [0.29, 0.717) is 24.3 Å². The van der Waals surface area contributed by atoms with Crippen molar-refractivity contribution in [3.05, 3.63) is 34.0 Å². The molecule has 0 atom stereocenters. The Kier molecular flexibility index (Phi) is 5.06. The van der Waals surface area contributed by atoms with Gasteiger partial charge in [-0.1, -0.05) is 15.9 Å². The maximum absolute atomic E-state index is 12.7. The van der Waals surface area contributed by atoms with Gasteiger partial charge in [-0.3, -0.25) is 4.79 Å². The summed E-state index contributed by atoms with van der Waals surface area (Å²) in [7, 11) is 0. The molecular formula is C16H20BrNO3. The van der Waals surface area contributed by atoms with Crippen LogP contribution in [0.15, 0.2) is 27.1 Å². The summed E-state index contributed by atoms with van der Waals surface area (Å²) < 4.78 is 6.71. The first-order valence-corrected chi connectivity index (χ1v) is 7.85. The molecule has 0 radical (unpaired) electrons. The van der Waals surface area contributed by atoms with Gasteiger partial charge < -0.3 is 14.4 Å². The van der Waals surface area contributed by atoms with Crippen LogP contribution in [0, 0.1) is 6.92 Å². The number of amides is 1. The highest BCUT2D eigenvalue weighted by atomic mass is 79.9. The van der Waals surface area contributed by atoms with Crippen molar-refractivity contribution < 1.29 is 14.3 Å². The summed E-state index contributed by atoms with van der Waals surface area (Å²) in [6, 6.07) is 5.77. The smallest absolute Gasteiger partial charge is 0.290 e. The number of hydrogen-bond donors (Lipinski definition) is 1. The molecule has 0 aliphatic rings. The summed E-state index contributed by atoms with van der Waals surface area (Å²) in [5.41, 5.74) is 1.57. The molecule has 0 bridgehead atoms. The Hall–Kier alpha value is -1.33. The quantitative estimate of drug-likeness (QED) is 0.890. The first-order chi connectivity index (χ1) is 9.95. The average Bonchev–Trinajstić information content (AvgIpc) is 2.76. The molecule has 2 rings (SSSR count). The van der Waals surface area contributed by atoms with E-state index in [1.807, 2.05) is 39.0 Å². The van der Waals surface area contributed by atoms with Crippen molar-refractivity contribution in [2.24, 2.45) is 0 Å². The van der Waals surface area contributed by atoms with Gasteiger partial charge in [-0.05, 0) is 45.4 Å². The molecule has 0 spiro atoms. The van der Waals surface area contributed by atoms with Gasteiger partial charge in [0.15, 0.2) is 5.76 Å². The van der Waals surface area contributed by atoms with Crippen molar-refractivity contribution in [1.29, 1.82) is 0 Å². The van der Waals surface area contributed by atoms with Gasteiger partial charge in [0.2, 0.25) is 0 Å². The van der Waals surface area contributed by atoms with E-state index in [1.165, 1.54) is 0 Å². The Labute approximate surface area is 132 Å². The molecule has 0 aliphatic carbocycles. The molecule has 1 N–H and O–H groups in total. The Morgan fingerprint density at radius 1 is 1.43 bits per heavy atom. The summed E-state index contributed by atoms with van der Waals surface area (Å²) in [5.74, 6) is 0.262. The average molecular weight is 354 g/mol. The van der Waals surface area contributed by atoms with Crippen LogP contribution < -0.4 is 0 Å². The normalized spacial score (nSPS) is 11.3. The lowest BCUT2D eigenvalue weighted by atomic mass is 10.1. The number of carbonyl (C=O) groups is 1. The van der Waals surface area contributed by atoms with Gasteiger partial charge >= 0.3 is 0 Å². The Morgan fingerprint density at radius 3 is 2.76 bits per heavy atom. The lowest BCUT2D eigenvalue weighted by Crippen LogP contribution is -2.38. The van der Waals surface area contributed by atoms with Gasteiger partial charge in [0.05, 0.1) is 0 Å². The molecule has 0 fully saturated rings. The molecule has 1 heterocycles. The van der Waals surface area contributed by atoms with E-state index in [4.69, 9.17) is 9.52 Å². The fraction of sp³-hybridized carbons (Fsp3) is 0.438. The fourth-order valence-electron chi connectivity index (χ4n) is 2.36. The third-order valence-electron chi connectivity index (χ3n) is 3.53. The van der Waals surface area contributed by atoms with E-state index in [0.717, 1.165) is 15.4 Å². The van der Waals surface area contributed by atoms with Crippen LogP contribution in [0.5, 0.6) is 0 Å². The van der Waals surface area contributed by atoms with E-state index in [-0.39, 0.29) is 18.6 Å². The molecule has 5 heteroatoms. The standard InChI is InChI=1S/C16H20BrNO3/c1-10(2)18(7-4-8-19)16(20)15-11(3)13-9-12(17)5-6-14(13)21-15/h5-6,9-10,19H,4,7-8H2,1-3H3. The fourth-order valence-corrected chi connectivity index (χ4v) is 2.72. The van der Waals surface area contributed by atoms with Crippen molar-refractivity contribution in [3.63, 3.8) is 0 Å². The summed E-state index contributed by atoms with van der Waals surface area (Å²) in [6.45, 7) is 6.42. The summed E-state index contributed by atoms with van der Waals surface area (Å²) >= 11 is 3.43. The largest absolute Gasteiger partial charge is 0.451 e. The molecule has 0 saturated heterocycles. The first kappa shape index (κ1) is 16.0. The van der Waals surface area contributed by atoms with Gasteiger partial charge in [0.25, 0.3) is 5.91 Å². The van der Waals surface area contributed by atoms with Crippen molar-refractivity contribution >= 4 is 32.8 Å². The SMILES string of the molecule is Cc1c(C(=O)N(CCCO)C(C)C)oc2ccc(Br)cc12. The van der Waals surface area contributed by atoms with Gasteiger partial charge in [-0.2, -0.15) is 0 Å². The van der Waals surface area contributed by atoms with Gasteiger partial charge in [-0.25, -0.2) is 0 Å². The lowest BCUT2D eigenvalue weighted by molar-refractivity contribution is 0.0662. The predicted octanol–water partition coefficient (Wildman–Crippen LogP) is 3.74. The van der Waals surface area contributed by atoms with Crippen LogP contribution in [-0.2, 0) is 0 Å². The summed E-state index contributed by atoms with van der Waals surface area (Å²) in [5, 5.41) is 9.93. The first-order valence-electron chi connectivity index (χ1n) is 7.06. The molecule has 21 heavy (non-hydrogen) atoms. The highest BCUT2D eigenvalue weighted by Crippen LogP contribution is 2.29. The predicted molar refractivity (Wildman–Crippen MR) is 86.5 cm³/mol. The van der Waals surface area contributed by atoms with Crippen molar-refractivity contribution in [2.45, 2.75) is 33.2 Å². The van der Waals surface area contributed by atoms with E-state index in [1.54, 1.807) is 4.90 Å². The molecule has 0 saturated carbocycles. The second-order valence-corrected chi connectivity index (χ2v) is 6.28.